The molecule has 4 nitrogen and oxygen atoms in total. The first-order valence-electron chi connectivity index (χ1n) is 7.48. The Morgan fingerprint density at radius 3 is 2.95 bits per heavy atom. The molecule has 1 aromatic carbocycles. The maximum Gasteiger partial charge on any atom is 0.151 e. The monoisotopic (exact) mass is 341 g/mol. The highest BCUT2D eigenvalue weighted by Gasteiger charge is 2.32. The maximum absolute atomic E-state index is 11.7. The maximum atomic E-state index is 11.7. The van der Waals surface area contributed by atoms with Crippen LogP contribution in [0.15, 0.2) is 24.8 Å². The van der Waals surface area contributed by atoms with E-state index in [1.807, 2.05) is 18.2 Å². The van der Waals surface area contributed by atoms with Crippen LogP contribution >= 0.6 is 11.6 Å². The lowest BCUT2D eigenvalue weighted by Crippen LogP contribution is -2.36. The van der Waals surface area contributed by atoms with Gasteiger partial charge in [-0.15, -0.1) is 6.58 Å². The van der Waals surface area contributed by atoms with E-state index in [2.05, 4.69) is 11.5 Å². The lowest BCUT2D eigenvalue weighted by atomic mass is 10.1. The van der Waals surface area contributed by atoms with Crippen molar-refractivity contribution in [2.45, 2.75) is 25.4 Å². The molecule has 0 radical (unpaired) electrons. The third-order valence-corrected chi connectivity index (χ3v) is 6.26. The summed E-state index contributed by atoms with van der Waals surface area (Å²) >= 11 is 6.20. The summed E-state index contributed by atoms with van der Waals surface area (Å²) in [5.41, 5.74) is 2.17. The number of sulfone groups is 1. The van der Waals surface area contributed by atoms with Gasteiger partial charge in [0.05, 0.1) is 18.1 Å². The summed E-state index contributed by atoms with van der Waals surface area (Å²) in [6, 6.07) is 3.91. The molecule has 0 aromatic heterocycles. The van der Waals surface area contributed by atoms with Gasteiger partial charge in [-0.25, -0.2) is 8.42 Å². The molecule has 22 heavy (non-hydrogen) atoms. The van der Waals surface area contributed by atoms with E-state index in [1.165, 1.54) is 0 Å². The molecular formula is C16H20ClNO3S. The fraction of sp³-hybridized carbons (Fsp3) is 0.500. The second-order valence-electron chi connectivity index (χ2n) is 5.93. The molecule has 2 aliphatic heterocycles. The number of rotatable bonds is 5. The Kier molecular flexibility index (Phi) is 4.48. The Bertz CT molecular complexity index is 687. The van der Waals surface area contributed by atoms with Crippen LogP contribution in [-0.4, -0.2) is 44.0 Å². The highest BCUT2D eigenvalue weighted by Crippen LogP contribution is 2.34. The van der Waals surface area contributed by atoms with Gasteiger partial charge in [-0.1, -0.05) is 17.7 Å². The number of ether oxygens (including phenoxy) is 1. The normalized spacial score (nSPS) is 22.5. The minimum absolute atomic E-state index is 0.0408. The predicted octanol–water partition coefficient (Wildman–Crippen LogP) is 2.45. The third kappa shape index (κ3) is 3.31. The second kappa shape index (κ2) is 6.22. The Morgan fingerprint density at radius 1 is 1.45 bits per heavy atom. The zero-order valence-electron chi connectivity index (χ0n) is 12.4. The minimum atomic E-state index is -2.90. The van der Waals surface area contributed by atoms with Gasteiger partial charge in [0.15, 0.2) is 9.84 Å². The SMILES string of the molecule is C=CCN(Cc1cc(Cl)cc2c1OCC2)[C@H]1CCS(=O)(=O)C1. The van der Waals surface area contributed by atoms with Crippen molar-refractivity contribution in [2.75, 3.05) is 24.7 Å². The van der Waals surface area contributed by atoms with Crippen molar-refractivity contribution < 1.29 is 13.2 Å². The van der Waals surface area contributed by atoms with Crippen LogP contribution in [0.25, 0.3) is 0 Å². The van der Waals surface area contributed by atoms with Gasteiger partial charge < -0.3 is 4.74 Å². The summed E-state index contributed by atoms with van der Waals surface area (Å²) in [5, 5.41) is 0.705. The molecule has 0 amide bonds. The van der Waals surface area contributed by atoms with E-state index in [0.717, 1.165) is 23.3 Å². The second-order valence-corrected chi connectivity index (χ2v) is 8.59. The number of fused-ring (bicyclic) bond motifs is 1. The van der Waals surface area contributed by atoms with Crippen LogP contribution < -0.4 is 4.74 Å². The quantitative estimate of drug-likeness (QED) is 0.772. The highest BCUT2D eigenvalue weighted by atomic mass is 35.5. The molecule has 0 bridgehead atoms. The van der Waals surface area contributed by atoms with Crippen LogP contribution in [0.3, 0.4) is 0 Å². The molecule has 1 fully saturated rings. The molecule has 0 unspecified atom stereocenters. The van der Waals surface area contributed by atoms with Crippen molar-refractivity contribution in [2.24, 2.45) is 0 Å². The molecule has 1 aromatic rings. The van der Waals surface area contributed by atoms with Crippen molar-refractivity contribution >= 4 is 21.4 Å². The largest absolute Gasteiger partial charge is 0.493 e. The minimum Gasteiger partial charge on any atom is -0.493 e. The average Bonchev–Trinajstić information content (AvgIpc) is 3.04. The number of nitrogens with zero attached hydrogens (tertiary/aromatic N) is 1. The van der Waals surface area contributed by atoms with Gasteiger partial charge in [0.25, 0.3) is 0 Å². The zero-order chi connectivity index (χ0) is 15.7. The predicted molar refractivity (Wildman–Crippen MR) is 88.3 cm³/mol. The van der Waals surface area contributed by atoms with Crippen LogP contribution in [0.4, 0.5) is 0 Å². The fourth-order valence-electron chi connectivity index (χ4n) is 3.25. The van der Waals surface area contributed by atoms with Gasteiger partial charge in [-0.3, -0.25) is 4.90 Å². The van der Waals surface area contributed by atoms with E-state index < -0.39 is 9.84 Å². The van der Waals surface area contributed by atoms with Crippen molar-refractivity contribution in [1.82, 2.24) is 4.90 Å². The Hall–Kier alpha value is -1.04. The zero-order valence-corrected chi connectivity index (χ0v) is 14.0. The molecule has 2 heterocycles. The average molecular weight is 342 g/mol. The summed E-state index contributed by atoms with van der Waals surface area (Å²) in [5.74, 6) is 1.42. The van der Waals surface area contributed by atoms with E-state index >= 15 is 0 Å². The molecular weight excluding hydrogens is 322 g/mol. The molecule has 3 rings (SSSR count). The van der Waals surface area contributed by atoms with Crippen LogP contribution in [0.1, 0.15) is 17.5 Å². The van der Waals surface area contributed by atoms with Crippen LogP contribution in [0.2, 0.25) is 5.02 Å². The van der Waals surface area contributed by atoms with Crippen molar-refractivity contribution in [3.63, 3.8) is 0 Å². The first-order chi connectivity index (χ1) is 10.5. The van der Waals surface area contributed by atoms with E-state index in [-0.39, 0.29) is 17.5 Å². The van der Waals surface area contributed by atoms with Gasteiger partial charge in [0, 0.05) is 36.1 Å². The Labute approximate surface area is 136 Å². The van der Waals surface area contributed by atoms with Gasteiger partial charge >= 0.3 is 0 Å². The molecule has 0 spiro atoms. The van der Waals surface area contributed by atoms with Gasteiger partial charge in [-0.2, -0.15) is 0 Å². The molecule has 2 aliphatic rings. The van der Waals surface area contributed by atoms with Crippen molar-refractivity contribution in [1.29, 1.82) is 0 Å². The Morgan fingerprint density at radius 2 is 2.27 bits per heavy atom. The summed E-state index contributed by atoms with van der Waals surface area (Å²) in [6.45, 7) is 5.76. The van der Waals surface area contributed by atoms with E-state index in [9.17, 15) is 8.42 Å². The smallest absolute Gasteiger partial charge is 0.151 e. The molecule has 0 saturated carbocycles. The van der Waals surface area contributed by atoms with E-state index in [4.69, 9.17) is 16.3 Å². The van der Waals surface area contributed by atoms with Crippen LogP contribution in [0.5, 0.6) is 5.75 Å². The molecule has 6 heteroatoms. The van der Waals surface area contributed by atoms with Crippen LogP contribution in [-0.2, 0) is 22.8 Å². The number of benzene rings is 1. The van der Waals surface area contributed by atoms with E-state index in [1.54, 1.807) is 0 Å². The van der Waals surface area contributed by atoms with Gasteiger partial charge in [0.1, 0.15) is 5.75 Å². The summed E-state index contributed by atoms with van der Waals surface area (Å²) in [6.07, 6.45) is 3.37. The molecule has 1 atom stereocenters. The number of hydrogen-bond acceptors (Lipinski definition) is 4. The molecule has 120 valence electrons. The standard InChI is InChI=1S/C16H20ClNO3S/c1-2-5-18(15-4-7-22(19,20)11-15)10-13-9-14(17)8-12-3-6-21-16(12)13/h2,8-9,15H,1,3-7,10-11H2/t15-/m0/s1. The van der Waals surface area contributed by atoms with Crippen LogP contribution in [0, 0.1) is 0 Å². The summed E-state index contributed by atoms with van der Waals surface area (Å²) < 4.78 is 29.2. The molecule has 0 aliphatic carbocycles. The first kappa shape index (κ1) is 15.8. The lowest BCUT2D eigenvalue weighted by Gasteiger charge is -2.27. The highest BCUT2D eigenvalue weighted by molar-refractivity contribution is 7.91. The van der Waals surface area contributed by atoms with Gasteiger partial charge in [0.2, 0.25) is 0 Å². The number of halogens is 1. The summed E-state index contributed by atoms with van der Waals surface area (Å²) in [7, 11) is -2.90. The van der Waals surface area contributed by atoms with Crippen molar-refractivity contribution in [3.8, 4) is 5.75 Å². The summed E-state index contributed by atoms with van der Waals surface area (Å²) in [4.78, 5) is 2.16. The van der Waals surface area contributed by atoms with E-state index in [0.29, 0.717) is 31.1 Å². The van der Waals surface area contributed by atoms with Crippen molar-refractivity contribution in [3.05, 3.63) is 40.9 Å². The molecule has 0 N–H and O–H groups in total. The lowest BCUT2D eigenvalue weighted by molar-refractivity contribution is 0.223. The molecule has 1 saturated heterocycles. The topological polar surface area (TPSA) is 46.6 Å². The fourth-order valence-corrected chi connectivity index (χ4v) is 5.28. The third-order valence-electron chi connectivity index (χ3n) is 4.29. The first-order valence-corrected chi connectivity index (χ1v) is 9.68. The Balaban J connectivity index is 1.84. The van der Waals surface area contributed by atoms with Gasteiger partial charge in [-0.05, 0) is 24.1 Å². The number of hydrogen-bond donors (Lipinski definition) is 0.